The zero-order chi connectivity index (χ0) is 13.4. The van der Waals surface area contributed by atoms with E-state index >= 15 is 0 Å². The van der Waals surface area contributed by atoms with Crippen LogP contribution in [0.4, 0.5) is 0 Å². The molecule has 1 aromatic carbocycles. The van der Waals surface area contributed by atoms with Crippen LogP contribution in [0.25, 0.3) is 0 Å². The fourth-order valence-corrected chi connectivity index (χ4v) is 1.62. The van der Waals surface area contributed by atoms with Crippen LogP contribution in [0, 0.1) is 0 Å². The third-order valence-electron chi connectivity index (χ3n) is 2.19. The first-order valence-electron chi connectivity index (χ1n) is 5.81. The molecule has 0 spiro atoms. The first-order valence-corrected chi connectivity index (χ1v) is 6.60. The van der Waals surface area contributed by atoms with Crippen LogP contribution < -0.4 is 5.32 Å². The maximum atomic E-state index is 11.6. The monoisotopic (exact) mass is 311 g/mol. The number of amides is 1. The molecule has 4 heteroatoms. The number of carbonyl (C=O) groups is 1. The maximum Gasteiger partial charge on any atom is 0.224 e. The standard InChI is InChI=1S/C14H18BrNO2/c1-11(2)10-18-8-7-16-14(17)9-12-3-5-13(15)6-4-12/h3-6H,1,7-10H2,2H3,(H,16,17). The Morgan fingerprint density at radius 1 is 1.39 bits per heavy atom. The van der Waals surface area contributed by atoms with Crippen LogP contribution in [-0.2, 0) is 16.0 Å². The zero-order valence-corrected chi connectivity index (χ0v) is 12.1. The summed E-state index contributed by atoms with van der Waals surface area (Å²) in [6.45, 7) is 7.23. The molecule has 0 heterocycles. The van der Waals surface area contributed by atoms with E-state index in [0.29, 0.717) is 26.2 Å². The van der Waals surface area contributed by atoms with Gasteiger partial charge in [-0.1, -0.05) is 40.2 Å². The van der Waals surface area contributed by atoms with Gasteiger partial charge in [0, 0.05) is 11.0 Å². The molecule has 18 heavy (non-hydrogen) atoms. The van der Waals surface area contributed by atoms with Gasteiger partial charge in [0.15, 0.2) is 0 Å². The van der Waals surface area contributed by atoms with Crippen molar-refractivity contribution < 1.29 is 9.53 Å². The molecule has 3 nitrogen and oxygen atoms in total. The molecule has 1 aromatic rings. The quantitative estimate of drug-likeness (QED) is 0.621. The fourth-order valence-electron chi connectivity index (χ4n) is 1.36. The number of halogens is 1. The van der Waals surface area contributed by atoms with Crippen molar-refractivity contribution in [3.63, 3.8) is 0 Å². The molecular weight excluding hydrogens is 294 g/mol. The van der Waals surface area contributed by atoms with Gasteiger partial charge in [-0.2, -0.15) is 0 Å². The third-order valence-corrected chi connectivity index (χ3v) is 2.72. The second-order valence-corrected chi connectivity index (χ2v) is 5.08. The van der Waals surface area contributed by atoms with Gasteiger partial charge in [-0.15, -0.1) is 0 Å². The Hall–Kier alpha value is -1.13. The van der Waals surface area contributed by atoms with Crippen molar-refractivity contribution in [2.24, 2.45) is 0 Å². The molecule has 1 N–H and O–H groups in total. The largest absolute Gasteiger partial charge is 0.375 e. The molecule has 0 aliphatic heterocycles. The highest BCUT2D eigenvalue weighted by atomic mass is 79.9. The minimum atomic E-state index is 0.0104. The molecule has 0 saturated heterocycles. The predicted molar refractivity (Wildman–Crippen MR) is 76.5 cm³/mol. The topological polar surface area (TPSA) is 38.3 Å². The minimum absolute atomic E-state index is 0.0104. The van der Waals surface area contributed by atoms with Gasteiger partial charge in [0.1, 0.15) is 0 Å². The van der Waals surface area contributed by atoms with Crippen molar-refractivity contribution in [1.82, 2.24) is 5.32 Å². The van der Waals surface area contributed by atoms with Gasteiger partial charge >= 0.3 is 0 Å². The Labute approximate surface area is 116 Å². The Bertz CT molecular complexity index is 401. The van der Waals surface area contributed by atoms with Crippen LogP contribution in [0.3, 0.4) is 0 Å². The van der Waals surface area contributed by atoms with E-state index in [1.165, 1.54) is 0 Å². The summed E-state index contributed by atoms with van der Waals surface area (Å²) < 4.78 is 6.30. The average Bonchev–Trinajstić information content (AvgIpc) is 2.31. The van der Waals surface area contributed by atoms with E-state index in [4.69, 9.17) is 4.74 Å². The molecule has 0 saturated carbocycles. The summed E-state index contributed by atoms with van der Waals surface area (Å²) in [5.74, 6) is 0.0104. The van der Waals surface area contributed by atoms with Crippen molar-refractivity contribution in [2.75, 3.05) is 19.8 Å². The lowest BCUT2D eigenvalue weighted by Gasteiger charge is -2.06. The second-order valence-electron chi connectivity index (χ2n) is 4.16. The molecule has 1 rings (SSSR count). The van der Waals surface area contributed by atoms with Crippen LogP contribution in [0.5, 0.6) is 0 Å². The van der Waals surface area contributed by atoms with Crippen molar-refractivity contribution in [3.05, 3.63) is 46.5 Å². The summed E-state index contributed by atoms with van der Waals surface area (Å²) >= 11 is 3.36. The summed E-state index contributed by atoms with van der Waals surface area (Å²) in [5.41, 5.74) is 1.98. The van der Waals surface area contributed by atoms with Gasteiger partial charge in [-0.25, -0.2) is 0 Å². The molecule has 0 unspecified atom stereocenters. The van der Waals surface area contributed by atoms with E-state index in [0.717, 1.165) is 15.6 Å². The molecule has 0 fully saturated rings. The van der Waals surface area contributed by atoms with Crippen LogP contribution in [0.15, 0.2) is 40.9 Å². The van der Waals surface area contributed by atoms with Gasteiger partial charge in [-0.05, 0) is 24.6 Å². The van der Waals surface area contributed by atoms with Crippen molar-refractivity contribution in [2.45, 2.75) is 13.3 Å². The van der Waals surface area contributed by atoms with Crippen molar-refractivity contribution >= 4 is 21.8 Å². The molecule has 0 aliphatic carbocycles. The summed E-state index contributed by atoms with van der Waals surface area (Å²) in [6, 6.07) is 7.72. The number of hydrogen-bond donors (Lipinski definition) is 1. The SMILES string of the molecule is C=C(C)COCCNC(=O)Cc1ccc(Br)cc1. The first-order chi connectivity index (χ1) is 8.58. The minimum Gasteiger partial charge on any atom is -0.375 e. The highest BCUT2D eigenvalue weighted by Gasteiger charge is 2.02. The lowest BCUT2D eigenvalue weighted by molar-refractivity contribution is -0.120. The summed E-state index contributed by atoms with van der Waals surface area (Å²) in [6.07, 6.45) is 0.397. The lowest BCUT2D eigenvalue weighted by atomic mass is 10.1. The lowest BCUT2D eigenvalue weighted by Crippen LogP contribution is -2.28. The van der Waals surface area contributed by atoms with Gasteiger partial charge < -0.3 is 10.1 Å². The molecule has 0 aliphatic rings. The molecule has 0 aromatic heterocycles. The third kappa shape index (κ3) is 6.57. The summed E-state index contributed by atoms with van der Waals surface area (Å²) in [4.78, 5) is 11.6. The molecule has 1 amide bonds. The van der Waals surface area contributed by atoms with E-state index in [2.05, 4.69) is 27.8 Å². The number of carbonyl (C=O) groups excluding carboxylic acids is 1. The van der Waals surface area contributed by atoms with E-state index in [-0.39, 0.29) is 5.91 Å². The fraction of sp³-hybridized carbons (Fsp3) is 0.357. The normalized spacial score (nSPS) is 10.1. The van der Waals surface area contributed by atoms with E-state index in [1.807, 2.05) is 31.2 Å². The Balaban J connectivity index is 2.17. The van der Waals surface area contributed by atoms with Gasteiger partial charge in [0.05, 0.1) is 19.6 Å². The molecule has 98 valence electrons. The highest BCUT2D eigenvalue weighted by Crippen LogP contribution is 2.10. The predicted octanol–water partition coefficient (Wildman–Crippen LogP) is 2.70. The first kappa shape index (κ1) is 14.9. The van der Waals surface area contributed by atoms with E-state index in [9.17, 15) is 4.79 Å². The van der Waals surface area contributed by atoms with Crippen LogP contribution in [0.1, 0.15) is 12.5 Å². The molecule has 0 bridgehead atoms. The molecule has 0 radical (unpaired) electrons. The highest BCUT2D eigenvalue weighted by molar-refractivity contribution is 9.10. The maximum absolute atomic E-state index is 11.6. The Morgan fingerprint density at radius 2 is 2.06 bits per heavy atom. The Kier molecular flexibility index (Phi) is 6.68. The summed E-state index contributed by atoms with van der Waals surface area (Å²) in [7, 11) is 0. The van der Waals surface area contributed by atoms with Crippen LogP contribution in [0.2, 0.25) is 0 Å². The van der Waals surface area contributed by atoms with Gasteiger partial charge in [0.2, 0.25) is 5.91 Å². The number of ether oxygens (including phenoxy) is 1. The molecular formula is C14H18BrNO2. The van der Waals surface area contributed by atoms with Crippen LogP contribution >= 0.6 is 15.9 Å². The number of benzene rings is 1. The summed E-state index contributed by atoms with van der Waals surface area (Å²) in [5, 5.41) is 2.81. The van der Waals surface area contributed by atoms with Crippen LogP contribution in [-0.4, -0.2) is 25.7 Å². The van der Waals surface area contributed by atoms with Gasteiger partial charge in [-0.3, -0.25) is 4.79 Å². The van der Waals surface area contributed by atoms with Gasteiger partial charge in [0.25, 0.3) is 0 Å². The molecule has 0 atom stereocenters. The van der Waals surface area contributed by atoms with Crippen molar-refractivity contribution in [3.8, 4) is 0 Å². The van der Waals surface area contributed by atoms with E-state index < -0.39 is 0 Å². The number of nitrogens with one attached hydrogen (secondary N) is 1. The zero-order valence-electron chi connectivity index (χ0n) is 10.5. The second kappa shape index (κ2) is 8.06. The Morgan fingerprint density at radius 3 is 2.67 bits per heavy atom. The number of hydrogen-bond acceptors (Lipinski definition) is 2. The number of rotatable bonds is 7. The average molecular weight is 312 g/mol. The smallest absolute Gasteiger partial charge is 0.224 e. The van der Waals surface area contributed by atoms with Crippen molar-refractivity contribution in [1.29, 1.82) is 0 Å². The van der Waals surface area contributed by atoms with E-state index in [1.54, 1.807) is 0 Å².